The Morgan fingerprint density at radius 3 is 2.62 bits per heavy atom. The first-order valence-corrected chi connectivity index (χ1v) is 15.2. The van der Waals surface area contributed by atoms with Crippen molar-refractivity contribution in [1.29, 1.82) is 0 Å². The Labute approximate surface area is 234 Å². The van der Waals surface area contributed by atoms with Gasteiger partial charge < -0.3 is 5.32 Å². The van der Waals surface area contributed by atoms with Gasteiger partial charge in [0.25, 0.3) is 5.56 Å². The summed E-state index contributed by atoms with van der Waals surface area (Å²) in [7, 11) is 0. The van der Waals surface area contributed by atoms with Crippen LogP contribution in [0, 0.1) is 0 Å². The Morgan fingerprint density at radius 2 is 1.77 bits per heavy atom. The Hall–Kier alpha value is -3.38. The zero-order chi connectivity index (χ0) is 26.8. The molecule has 200 valence electrons. The molecule has 1 N–H and O–H groups in total. The van der Waals surface area contributed by atoms with Gasteiger partial charge in [0, 0.05) is 28.6 Å². The van der Waals surface area contributed by atoms with E-state index in [0.717, 1.165) is 78.2 Å². The van der Waals surface area contributed by atoms with Crippen LogP contribution in [0.3, 0.4) is 0 Å². The molecule has 4 aromatic rings. The van der Waals surface area contributed by atoms with E-state index < -0.39 is 0 Å². The van der Waals surface area contributed by atoms with Crippen LogP contribution in [0.5, 0.6) is 0 Å². The van der Waals surface area contributed by atoms with Crippen LogP contribution in [0.15, 0.2) is 76.7 Å². The molecular formula is C33H35N3O2S. The third-order valence-corrected chi connectivity index (χ3v) is 9.38. The van der Waals surface area contributed by atoms with E-state index in [1.54, 1.807) is 0 Å². The topological polar surface area (TPSA) is 64.0 Å². The highest BCUT2D eigenvalue weighted by Gasteiger charge is 2.43. The highest BCUT2D eigenvalue weighted by atomic mass is 32.2. The highest BCUT2D eigenvalue weighted by molar-refractivity contribution is 7.99. The molecule has 39 heavy (non-hydrogen) atoms. The summed E-state index contributed by atoms with van der Waals surface area (Å²) in [4.78, 5) is 32.6. The summed E-state index contributed by atoms with van der Waals surface area (Å²) < 4.78 is 1.86. The highest BCUT2D eigenvalue weighted by Crippen LogP contribution is 2.48. The molecule has 1 saturated carbocycles. The monoisotopic (exact) mass is 537 g/mol. The number of hydrogen-bond acceptors (Lipinski definition) is 4. The predicted molar refractivity (Wildman–Crippen MR) is 161 cm³/mol. The van der Waals surface area contributed by atoms with Crippen LogP contribution in [-0.4, -0.2) is 21.2 Å². The summed E-state index contributed by atoms with van der Waals surface area (Å²) in [6, 6.07) is 22.4. The van der Waals surface area contributed by atoms with Crippen LogP contribution in [0.1, 0.15) is 63.0 Å². The summed E-state index contributed by atoms with van der Waals surface area (Å²) in [5.41, 5.74) is 4.89. The molecule has 0 aliphatic heterocycles. The van der Waals surface area contributed by atoms with Gasteiger partial charge in [-0.05, 0) is 42.7 Å². The third-order valence-electron chi connectivity index (χ3n) is 8.41. The minimum absolute atomic E-state index is 0.0989. The largest absolute Gasteiger partial charge is 0.325 e. The smallest absolute Gasteiger partial charge is 0.258 e. The molecule has 1 amide bonds. The van der Waals surface area contributed by atoms with Gasteiger partial charge in [-0.3, -0.25) is 14.2 Å². The Bertz CT molecular complexity index is 1580. The number of rotatable bonds is 7. The summed E-state index contributed by atoms with van der Waals surface area (Å²) in [6.07, 6.45) is 8.43. The zero-order valence-corrected chi connectivity index (χ0v) is 23.4. The van der Waals surface area contributed by atoms with Gasteiger partial charge in [0.15, 0.2) is 5.16 Å². The molecule has 6 rings (SSSR count). The maximum absolute atomic E-state index is 14.3. The van der Waals surface area contributed by atoms with Crippen LogP contribution >= 0.6 is 11.8 Å². The molecule has 5 nitrogen and oxygen atoms in total. The molecule has 2 aliphatic carbocycles. The number of hydrogen-bond donors (Lipinski definition) is 1. The second-order valence-electron chi connectivity index (χ2n) is 11.0. The predicted octanol–water partition coefficient (Wildman–Crippen LogP) is 7.35. The quantitative estimate of drug-likeness (QED) is 0.198. The maximum atomic E-state index is 14.3. The minimum Gasteiger partial charge on any atom is -0.325 e. The molecule has 1 aromatic heterocycles. The number of amides is 1. The lowest BCUT2D eigenvalue weighted by Gasteiger charge is -2.42. The van der Waals surface area contributed by atoms with Gasteiger partial charge in [-0.25, -0.2) is 4.98 Å². The summed E-state index contributed by atoms with van der Waals surface area (Å²) >= 11 is 1.37. The van der Waals surface area contributed by atoms with E-state index in [1.807, 2.05) is 53.1 Å². The second kappa shape index (κ2) is 11.0. The van der Waals surface area contributed by atoms with Crippen molar-refractivity contribution in [2.24, 2.45) is 0 Å². The van der Waals surface area contributed by atoms with E-state index in [4.69, 9.17) is 4.98 Å². The Kier molecular flexibility index (Phi) is 7.30. The fourth-order valence-corrected chi connectivity index (χ4v) is 7.31. The number of carbonyl (C=O) groups excluding carboxylic acids is 1. The van der Waals surface area contributed by atoms with Crippen LogP contribution in [0.25, 0.3) is 22.0 Å². The van der Waals surface area contributed by atoms with E-state index in [-0.39, 0.29) is 22.6 Å². The lowest BCUT2D eigenvalue weighted by Crippen LogP contribution is -2.43. The Balaban J connectivity index is 1.36. The van der Waals surface area contributed by atoms with Crippen molar-refractivity contribution in [2.45, 2.75) is 75.4 Å². The Morgan fingerprint density at radius 1 is 1.00 bits per heavy atom. The van der Waals surface area contributed by atoms with Gasteiger partial charge in [0.1, 0.15) is 0 Å². The van der Waals surface area contributed by atoms with Gasteiger partial charge >= 0.3 is 0 Å². The molecule has 0 saturated heterocycles. The van der Waals surface area contributed by atoms with Crippen LogP contribution in [0.2, 0.25) is 0 Å². The van der Waals surface area contributed by atoms with Crippen molar-refractivity contribution < 1.29 is 4.79 Å². The van der Waals surface area contributed by atoms with E-state index in [9.17, 15) is 9.59 Å². The van der Waals surface area contributed by atoms with Crippen molar-refractivity contribution in [3.8, 4) is 11.3 Å². The molecule has 0 atom stereocenters. The van der Waals surface area contributed by atoms with Crippen LogP contribution in [-0.2, 0) is 23.2 Å². The number of anilines is 1. The first-order chi connectivity index (χ1) is 19.1. The fraction of sp³-hybridized carbons (Fsp3) is 0.364. The first kappa shape index (κ1) is 25.9. The molecular weight excluding hydrogens is 502 g/mol. The van der Waals surface area contributed by atoms with Gasteiger partial charge in [-0.15, -0.1) is 0 Å². The van der Waals surface area contributed by atoms with Crippen LogP contribution in [0.4, 0.5) is 5.69 Å². The molecule has 2 aliphatic rings. The van der Waals surface area contributed by atoms with E-state index in [0.29, 0.717) is 11.7 Å². The van der Waals surface area contributed by atoms with Gasteiger partial charge in [-0.2, -0.15) is 0 Å². The third kappa shape index (κ3) is 4.91. The SMILES string of the molecule is CCCCn1c(SCC(=O)Nc2cccc3ccccc23)nc2c(c1=O)C1(CCCCC1)Cc1ccccc1-2. The van der Waals surface area contributed by atoms with Gasteiger partial charge in [-0.1, -0.05) is 105 Å². The average Bonchev–Trinajstić information content (AvgIpc) is 2.96. The number of unbranched alkanes of at least 4 members (excludes halogenated alkanes) is 1. The molecule has 0 bridgehead atoms. The normalized spacial score (nSPS) is 15.6. The van der Waals surface area contributed by atoms with Crippen LogP contribution < -0.4 is 10.9 Å². The average molecular weight is 538 g/mol. The van der Waals surface area contributed by atoms with Crippen molar-refractivity contribution in [3.63, 3.8) is 0 Å². The zero-order valence-electron chi connectivity index (χ0n) is 22.5. The molecule has 3 aromatic carbocycles. The summed E-state index contributed by atoms with van der Waals surface area (Å²) in [6.45, 7) is 2.76. The first-order valence-electron chi connectivity index (χ1n) is 14.2. The van der Waals surface area contributed by atoms with Crippen molar-refractivity contribution >= 4 is 34.1 Å². The van der Waals surface area contributed by atoms with E-state index in [1.165, 1.54) is 23.7 Å². The molecule has 6 heteroatoms. The summed E-state index contributed by atoms with van der Waals surface area (Å²) in [5.74, 6) is 0.0856. The molecule has 1 heterocycles. The molecule has 1 fully saturated rings. The summed E-state index contributed by atoms with van der Waals surface area (Å²) in [5, 5.41) is 5.82. The lowest BCUT2D eigenvalue weighted by molar-refractivity contribution is -0.113. The molecule has 0 radical (unpaired) electrons. The van der Waals surface area contributed by atoms with E-state index in [2.05, 4.69) is 30.4 Å². The standard InChI is InChI=1S/C33H35N3O2S/c1-2-3-20-36-31(38)29-30(26-16-8-6-13-24(26)21-33(29)18-9-4-10-19-33)35-32(36)39-22-28(37)34-27-17-11-14-23-12-5-7-15-25(23)27/h5-8,11-17H,2-4,9-10,18-22H2,1H3,(H,34,37). The number of benzene rings is 3. The van der Waals surface area contributed by atoms with Gasteiger partial charge in [0.05, 0.1) is 17.0 Å². The number of thioether (sulfide) groups is 1. The number of aromatic nitrogens is 2. The van der Waals surface area contributed by atoms with E-state index >= 15 is 0 Å². The van der Waals surface area contributed by atoms with Crippen molar-refractivity contribution in [3.05, 3.63) is 88.2 Å². The minimum atomic E-state index is -0.130. The lowest BCUT2D eigenvalue weighted by atomic mass is 9.62. The number of nitrogens with zero attached hydrogens (tertiary/aromatic N) is 2. The van der Waals surface area contributed by atoms with Crippen molar-refractivity contribution in [2.75, 3.05) is 11.1 Å². The number of carbonyl (C=O) groups is 1. The van der Waals surface area contributed by atoms with Gasteiger partial charge in [0.2, 0.25) is 5.91 Å². The molecule has 1 spiro atoms. The number of nitrogens with one attached hydrogen (secondary N) is 1. The van der Waals surface area contributed by atoms with Crippen molar-refractivity contribution in [1.82, 2.24) is 9.55 Å². The fourth-order valence-electron chi connectivity index (χ4n) is 6.50. The number of fused-ring (bicyclic) bond motifs is 5. The second-order valence-corrected chi connectivity index (χ2v) is 11.9. The molecule has 0 unspecified atom stereocenters. The maximum Gasteiger partial charge on any atom is 0.258 e.